The average molecular weight is 281 g/mol. The number of nitrogens with one attached hydrogen (secondary N) is 1. The number of ether oxygens (including phenoxy) is 2. The normalized spacial score (nSPS) is 12.4. The number of rotatable bonds is 4. The second-order valence-corrected chi connectivity index (χ2v) is 4.96. The summed E-state index contributed by atoms with van der Waals surface area (Å²) in [4.78, 5) is 31.5. The standard InChI is InChI=1S/C13H19N3O4/c1-5-19-11(17)10(9-8-14-6-7-15-9)16-12(18)20-13(2,3)4/h6-8,10H,5H2,1-4H3,(H,16,18)/t10-/m1/s1. The Balaban J connectivity index is 2.84. The van der Waals surface area contributed by atoms with E-state index in [0.29, 0.717) is 0 Å². The van der Waals surface area contributed by atoms with Crippen LogP contribution in [-0.4, -0.2) is 34.2 Å². The lowest BCUT2D eigenvalue weighted by Crippen LogP contribution is -2.39. The van der Waals surface area contributed by atoms with Crippen LogP contribution in [0.15, 0.2) is 18.6 Å². The molecule has 0 bridgehead atoms. The van der Waals surface area contributed by atoms with Crippen molar-refractivity contribution in [1.29, 1.82) is 0 Å². The highest BCUT2D eigenvalue weighted by Gasteiger charge is 2.28. The summed E-state index contributed by atoms with van der Waals surface area (Å²) in [6.07, 6.45) is 3.57. The van der Waals surface area contributed by atoms with Gasteiger partial charge in [0.25, 0.3) is 0 Å². The van der Waals surface area contributed by atoms with Crippen molar-refractivity contribution < 1.29 is 19.1 Å². The number of nitrogens with zero attached hydrogens (tertiary/aromatic N) is 2. The van der Waals surface area contributed by atoms with Crippen LogP contribution < -0.4 is 5.32 Å². The highest BCUT2D eigenvalue weighted by Crippen LogP contribution is 2.13. The number of hydrogen-bond donors (Lipinski definition) is 1. The zero-order valence-corrected chi connectivity index (χ0v) is 12.0. The maximum Gasteiger partial charge on any atom is 0.408 e. The van der Waals surface area contributed by atoms with Crippen molar-refractivity contribution in [3.8, 4) is 0 Å². The monoisotopic (exact) mass is 281 g/mol. The lowest BCUT2D eigenvalue weighted by molar-refractivity contribution is -0.146. The second kappa shape index (κ2) is 6.83. The van der Waals surface area contributed by atoms with Gasteiger partial charge in [-0.25, -0.2) is 9.59 Å². The van der Waals surface area contributed by atoms with Gasteiger partial charge in [0.05, 0.1) is 18.5 Å². The number of carbonyl (C=O) groups excluding carboxylic acids is 2. The lowest BCUT2D eigenvalue weighted by atomic mass is 10.2. The molecule has 0 fully saturated rings. The molecule has 0 unspecified atom stereocenters. The van der Waals surface area contributed by atoms with E-state index in [1.807, 2.05) is 0 Å². The van der Waals surface area contributed by atoms with Crippen molar-refractivity contribution in [3.63, 3.8) is 0 Å². The first-order valence-electron chi connectivity index (χ1n) is 6.25. The van der Waals surface area contributed by atoms with Gasteiger partial charge < -0.3 is 14.8 Å². The third-order valence-corrected chi connectivity index (χ3v) is 2.06. The molecule has 1 rings (SSSR count). The van der Waals surface area contributed by atoms with Crippen LogP contribution in [0.5, 0.6) is 0 Å². The average Bonchev–Trinajstić information content (AvgIpc) is 2.35. The molecule has 7 heteroatoms. The van der Waals surface area contributed by atoms with Crippen molar-refractivity contribution in [2.24, 2.45) is 0 Å². The Morgan fingerprint density at radius 1 is 1.35 bits per heavy atom. The molecule has 1 aromatic heterocycles. The molecule has 1 atom stereocenters. The topological polar surface area (TPSA) is 90.4 Å². The Labute approximate surface area is 117 Å². The summed E-state index contributed by atoms with van der Waals surface area (Å²) < 4.78 is 10.0. The predicted molar refractivity (Wildman–Crippen MR) is 70.8 cm³/mol. The van der Waals surface area contributed by atoms with E-state index in [9.17, 15) is 9.59 Å². The molecule has 0 aromatic carbocycles. The molecular formula is C13H19N3O4. The molecule has 0 spiro atoms. The van der Waals surface area contributed by atoms with Gasteiger partial charge in [0, 0.05) is 12.4 Å². The highest BCUT2D eigenvalue weighted by molar-refractivity contribution is 5.82. The molecule has 0 saturated heterocycles. The van der Waals surface area contributed by atoms with Gasteiger partial charge in [-0.05, 0) is 27.7 Å². The first-order chi connectivity index (χ1) is 9.33. The molecular weight excluding hydrogens is 262 g/mol. The van der Waals surface area contributed by atoms with E-state index < -0.39 is 23.7 Å². The summed E-state index contributed by atoms with van der Waals surface area (Å²) in [6, 6.07) is -1.04. The molecule has 1 heterocycles. The minimum absolute atomic E-state index is 0.200. The summed E-state index contributed by atoms with van der Waals surface area (Å²) in [5.74, 6) is -0.612. The third kappa shape index (κ3) is 5.21. The molecule has 20 heavy (non-hydrogen) atoms. The lowest BCUT2D eigenvalue weighted by Gasteiger charge is -2.22. The van der Waals surface area contributed by atoms with E-state index in [2.05, 4.69) is 15.3 Å². The van der Waals surface area contributed by atoms with Gasteiger partial charge in [-0.1, -0.05) is 0 Å². The number of alkyl carbamates (subject to hydrolysis) is 1. The maximum atomic E-state index is 11.9. The molecule has 1 N–H and O–H groups in total. The third-order valence-electron chi connectivity index (χ3n) is 2.06. The van der Waals surface area contributed by atoms with E-state index in [1.54, 1.807) is 27.7 Å². The Hall–Kier alpha value is -2.18. The number of carbonyl (C=O) groups is 2. The van der Waals surface area contributed by atoms with Crippen LogP contribution in [0.2, 0.25) is 0 Å². The highest BCUT2D eigenvalue weighted by atomic mass is 16.6. The molecule has 0 aliphatic rings. The van der Waals surface area contributed by atoms with Gasteiger partial charge >= 0.3 is 12.1 Å². The van der Waals surface area contributed by atoms with Gasteiger partial charge in [-0.3, -0.25) is 9.97 Å². The molecule has 0 aliphatic carbocycles. The summed E-state index contributed by atoms with van der Waals surface area (Å²) >= 11 is 0. The Morgan fingerprint density at radius 3 is 2.55 bits per heavy atom. The number of esters is 1. The first-order valence-corrected chi connectivity index (χ1v) is 6.25. The fourth-order valence-electron chi connectivity index (χ4n) is 1.36. The fourth-order valence-corrected chi connectivity index (χ4v) is 1.36. The van der Waals surface area contributed by atoms with Crippen LogP contribution in [0.3, 0.4) is 0 Å². The van der Waals surface area contributed by atoms with Gasteiger partial charge in [-0.15, -0.1) is 0 Å². The second-order valence-electron chi connectivity index (χ2n) is 4.96. The van der Waals surface area contributed by atoms with Crippen LogP contribution in [-0.2, 0) is 14.3 Å². The largest absolute Gasteiger partial charge is 0.464 e. The van der Waals surface area contributed by atoms with E-state index >= 15 is 0 Å². The molecule has 110 valence electrons. The SMILES string of the molecule is CCOC(=O)[C@H](NC(=O)OC(C)(C)C)c1cnccn1. The fraction of sp³-hybridized carbons (Fsp3) is 0.538. The Morgan fingerprint density at radius 2 is 2.05 bits per heavy atom. The maximum absolute atomic E-state index is 11.9. The smallest absolute Gasteiger partial charge is 0.408 e. The Bertz CT molecular complexity index is 456. The van der Waals surface area contributed by atoms with Crippen molar-refractivity contribution in [1.82, 2.24) is 15.3 Å². The van der Waals surface area contributed by atoms with Crippen LogP contribution >= 0.6 is 0 Å². The van der Waals surface area contributed by atoms with E-state index in [-0.39, 0.29) is 12.3 Å². The summed E-state index contributed by atoms with van der Waals surface area (Å²) in [6.45, 7) is 7.07. The molecule has 0 aliphatic heterocycles. The van der Waals surface area contributed by atoms with E-state index in [4.69, 9.17) is 9.47 Å². The number of amides is 1. The van der Waals surface area contributed by atoms with Crippen molar-refractivity contribution in [2.45, 2.75) is 39.3 Å². The molecule has 1 amide bonds. The van der Waals surface area contributed by atoms with Crippen LogP contribution in [0.4, 0.5) is 4.79 Å². The molecule has 0 saturated carbocycles. The predicted octanol–water partition coefficient (Wildman–Crippen LogP) is 1.61. The minimum atomic E-state index is -1.04. The molecule has 7 nitrogen and oxygen atoms in total. The zero-order valence-electron chi connectivity index (χ0n) is 12.0. The number of hydrogen-bond acceptors (Lipinski definition) is 6. The Kier molecular flexibility index (Phi) is 5.42. The van der Waals surface area contributed by atoms with Gasteiger partial charge in [-0.2, -0.15) is 0 Å². The molecule has 0 radical (unpaired) electrons. The summed E-state index contributed by atoms with van der Waals surface area (Å²) in [5, 5.41) is 2.44. The van der Waals surface area contributed by atoms with Crippen LogP contribution in [0, 0.1) is 0 Å². The van der Waals surface area contributed by atoms with Crippen molar-refractivity contribution >= 4 is 12.1 Å². The van der Waals surface area contributed by atoms with E-state index in [1.165, 1.54) is 18.6 Å². The van der Waals surface area contributed by atoms with Crippen molar-refractivity contribution in [3.05, 3.63) is 24.3 Å². The summed E-state index contributed by atoms with van der Waals surface area (Å²) in [7, 11) is 0. The van der Waals surface area contributed by atoms with Gasteiger partial charge in [0.2, 0.25) is 0 Å². The van der Waals surface area contributed by atoms with Crippen LogP contribution in [0.25, 0.3) is 0 Å². The van der Waals surface area contributed by atoms with Gasteiger partial charge in [0.15, 0.2) is 6.04 Å². The van der Waals surface area contributed by atoms with Crippen LogP contribution in [0.1, 0.15) is 39.4 Å². The zero-order chi connectivity index (χ0) is 15.2. The first kappa shape index (κ1) is 15.9. The molecule has 1 aromatic rings. The minimum Gasteiger partial charge on any atom is -0.464 e. The quantitative estimate of drug-likeness (QED) is 0.843. The summed E-state index contributed by atoms with van der Waals surface area (Å²) in [5.41, 5.74) is -0.372. The van der Waals surface area contributed by atoms with Gasteiger partial charge in [0.1, 0.15) is 5.60 Å². The van der Waals surface area contributed by atoms with Crippen molar-refractivity contribution in [2.75, 3.05) is 6.61 Å². The van der Waals surface area contributed by atoms with E-state index in [0.717, 1.165) is 0 Å². The number of aromatic nitrogens is 2.